The lowest BCUT2D eigenvalue weighted by Gasteiger charge is -2.29. The first-order valence-corrected chi connectivity index (χ1v) is 11.9. The second kappa shape index (κ2) is 9.93. The van der Waals surface area contributed by atoms with Crippen LogP contribution in [0.2, 0.25) is 0 Å². The highest BCUT2D eigenvalue weighted by atomic mass is 32.1. The molecule has 0 saturated heterocycles. The van der Waals surface area contributed by atoms with Crippen LogP contribution in [-0.4, -0.2) is 44.4 Å². The van der Waals surface area contributed by atoms with Crippen LogP contribution in [0.5, 0.6) is 11.5 Å². The number of nitrogens with one attached hydrogen (secondary N) is 1. The number of carbonyl (C=O) groups is 1. The Morgan fingerprint density at radius 2 is 2.03 bits per heavy atom. The van der Waals surface area contributed by atoms with Crippen LogP contribution in [0, 0.1) is 4.77 Å². The van der Waals surface area contributed by atoms with Crippen molar-refractivity contribution in [1.82, 2.24) is 14.5 Å². The maximum atomic E-state index is 13.0. The molecule has 0 spiro atoms. The number of imidazole rings is 1. The first-order valence-electron chi connectivity index (χ1n) is 11.4. The molecule has 1 aliphatic heterocycles. The minimum Gasteiger partial charge on any atom is -0.508 e. The molecular weight excluding hydrogens is 450 g/mol. The normalized spacial score (nSPS) is 15.3. The molecule has 0 unspecified atom stereocenters. The van der Waals surface area contributed by atoms with Gasteiger partial charge in [0.15, 0.2) is 4.77 Å². The molecule has 34 heavy (non-hydrogen) atoms. The van der Waals surface area contributed by atoms with Gasteiger partial charge in [0.1, 0.15) is 23.7 Å². The molecule has 1 aromatic heterocycles. The SMILES string of the molecule is CC(C)(C)OC(=O)N(CCc1c[nH]c(=S)n1[C@H]1COc2ccc(O)cc2C1)Cc1ccccc1. The third kappa shape index (κ3) is 5.80. The summed E-state index contributed by atoms with van der Waals surface area (Å²) in [6.07, 6.45) is 2.85. The summed E-state index contributed by atoms with van der Waals surface area (Å²) in [5.41, 5.74) is 2.40. The third-order valence-electron chi connectivity index (χ3n) is 5.69. The van der Waals surface area contributed by atoms with E-state index in [1.54, 1.807) is 23.1 Å². The van der Waals surface area contributed by atoms with Crippen LogP contribution in [0.25, 0.3) is 0 Å². The number of hydrogen-bond acceptors (Lipinski definition) is 5. The monoisotopic (exact) mass is 481 g/mol. The molecule has 2 N–H and O–H groups in total. The van der Waals surface area contributed by atoms with E-state index >= 15 is 0 Å². The number of phenols is 1. The average Bonchev–Trinajstić information content (AvgIpc) is 3.15. The summed E-state index contributed by atoms with van der Waals surface area (Å²) in [7, 11) is 0. The molecular formula is C26H31N3O4S. The van der Waals surface area contributed by atoms with E-state index in [2.05, 4.69) is 9.55 Å². The number of aromatic amines is 1. The Kier molecular flexibility index (Phi) is 6.97. The summed E-state index contributed by atoms with van der Waals surface area (Å²) >= 11 is 5.58. The smallest absolute Gasteiger partial charge is 0.410 e. The molecule has 1 amide bonds. The highest BCUT2D eigenvalue weighted by Crippen LogP contribution is 2.33. The van der Waals surface area contributed by atoms with Crippen molar-refractivity contribution in [3.63, 3.8) is 0 Å². The third-order valence-corrected chi connectivity index (χ3v) is 6.01. The standard InChI is InChI=1S/C26H31N3O4S/c1-26(2,3)33-25(31)28(16-18-7-5-4-6-8-18)12-11-20-15-27-24(34)29(20)21-13-19-14-22(30)9-10-23(19)32-17-21/h4-10,14-15,21,30H,11-13,16-17H2,1-3H3,(H,27,34)/t21-/m1/s1. The predicted molar refractivity (Wildman–Crippen MR) is 133 cm³/mol. The maximum absolute atomic E-state index is 13.0. The summed E-state index contributed by atoms with van der Waals surface area (Å²) in [5, 5.41) is 9.87. The van der Waals surface area contributed by atoms with Gasteiger partial charge in [-0.15, -0.1) is 0 Å². The van der Waals surface area contributed by atoms with Crippen LogP contribution < -0.4 is 4.74 Å². The van der Waals surface area contributed by atoms with E-state index < -0.39 is 5.60 Å². The number of rotatable bonds is 6. The second-order valence-corrected chi connectivity index (χ2v) is 9.94. The van der Waals surface area contributed by atoms with Crippen LogP contribution >= 0.6 is 12.2 Å². The van der Waals surface area contributed by atoms with Crippen LogP contribution in [0.3, 0.4) is 0 Å². The van der Waals surface area contributed by atoms with Gasteiger partial charge in [0.2, 0.25) is 0 Å². The van der Waals surface area contributed by atoms with E-state index in [1.165, 1.54) is 0 Å². The van der Waals surface area contributed by atoms with Gasteiger partial charge in [0.25, 0.3) is 0 Å². The van der Waals surface area contributed by atoms with Crippen molar-refractivity contribution in [2.45, 2.75) is 51.8 Å². The van der Waals surface area contributed by atoms with E-state index in [0.717, 1.165) is 22.6 Å². The Morgan fingerprint density at radius 1 is 1.26 bits per heavy atom. The molecule has 7 nitrogen and oxygen atoms in total. The fourth-order valence-electron chi connectivity index (χ4n) is 4.15. The van der Waals surface area contributed by atoms with Gasteiger partial charge in [-0.05, 0) is 62.3 Å². The van der Waals surface area contributed by atoms with Gasteiger partial charge in [-0.3, -0.25) is 0 Å². The zero-order chi connectivity index (χ0) is 24.3. The minimum absolute atomic E-state index is 0.00727. The fourth-order valence-corrected chi connectivity index (χ4v) is 4.48. The van der Waals surface area contributed by atoms with E-state index in [1.807, 2.05) is 57.3 Å². The number of H-pyrrole nitrogens is 1. The number of ether oxygens (including phenoxy) is 2. The van der Waals surface area contributed by atoms with Gasteiger partial charge < -0.3 is 29.0 Å². The van der Waals surface area contributed by atoms with Crippen molar-refractivity contribution in [1.29, 1.82) is 0 Å². The maximum Gasteiger partial charge on any atom is 0.410 e. The topological polar surface area (TPSA) is 79.7 Å². The zero-order valence-corrected chi connectivity index (χ0v) is 20.6. The van der Waals surface area contributed by atoms with Crippen molar-refractivity contribution in [3.05, 3.63) is 76.3 Å². The van der Waals surface area contributed by atoms with E-state index in [0.29, 0.717) is 37.3 Å². The van der Waals surface area contributed by atoms with Crippen LogP contribution in [0.15, 0.2) is 54.7 Å². The molecule has 0 radical (unpaired) electrons. The molecule has 2 heterocycles. The Labute approximate surface area is 204 Å². The number of amides is 1. The Balaban J connectivity index is 1.52. The van der Waals surface area contributed by atoms with Crippen LogP contribution in [0.4, 0.5) is 4.79 Å². The highest BCUT2D eigenvalue weighted by Gasteiger charge is 2.26. The number of phenolic OH excluding ortho intramolecular Hbond substituents is 1. The second-order valence-electron chi connectivity index (χ2n) is 9.55. The lowest BCUT2D eigenvalue weighted by Crippen LogP contribution is -2.38. The van der Waals surface area contributed by atoms with E-state index in [-0.39, 0.29) is 17.9 Å². The first-order chi connectivity index (χ1) is 16.2. The van der Waals surface area contributed by atoms with Crippen molar-refractivity contribution in [2.75, 3.05) is 13.2 Å². The number of benzene rings is 2. The molecule has 0 fully saturated rings. The largest absolute Gasteiger partial charge is 0.508 e. The fraction of sp³-hybridized carbons (Fsp3) is 0.385. The Morgan fingerprint density at radius 3 is 2.76 bits per heavy atom. The number of fused-ring (bicyclic) bond motifs is 1. The van der Waals surface area contributed by atoms with Crippen LogP contribution in [0.1, 0.15) is 43.6 Å². The zero-order valence-electron chi connectivity index (χ0n) is 19.8. The summed E-state index contributed by atoms with van der Waals surface area (Å²) in [5.74, 6) is 1.01. The lowest BCUT2D eigenvalue weighted by molar-refractivity contribution is 0.0234. The van der Waals surface area contributed by atoms with Gasteiger partial charge >= 0.3 is 6.09 Å². The first kappa shape index (κ1) is 23.9. The molecule has 8 heteroatoms. The van der Waals surface area contributed by atoms with Gasteiger partial charge in [-0.2, -0.15) is 0 Å². The van der Waals surface area contributed by atoms with E-state index in [4.69, 9.17) is 21.7 Å². The van der Waals surface area contributed by atoms with Gasteiger partial charge in [0, 0.05) is 37.8 Å². The van der Waals surface area contributed by atoms with Crippen molar-refractivity contribution >= 4 is 18.3 Å². The minimum atomic E-state index is -0.577. The molecule has 180 valence electrons. The molecule has 4 rings (SSSR count). The van der Waals surface area contributed by atoms with Gasteiger partial charge in [-0.25, -0.2) is 4.79 Å². The molecule has 0 bridgehead atoms. The number of nitrogens with zero attached hydrogens (tertiary/aromatic N) is 2. The molecule has 0 aliphatic carbocycles. The molecule has 1 atom stereocenters. The lowest BCUT2D eigenvalue weighted by atomic mass is 10.0. The summed E-state index contributed by atoms with van der Waals surface area (Å²) in [6, 6.07) is 15.0. The van der Waals surface area contributed by atoms with Crippen molar-refractivity contribution in [2.24, 2.45) is 0 Å². The van der Waals surface area contributed by atoms with E-state index in [9.17, 15) is 9.90 Å². The highest BCUT2D eigenvalue weighted by molar-refractivity contribution is 7.71. The van der Waals surface area contributed by atoms with Gasteiger partial charge in [0.05, 0.1) is 6.04 Å². The summed E-state index contributed by atoms with van der Waals surface area (Å²) in [4.78, 5) is 17.8. The molecule has 3 aromatic rings. The summed E-state index contributed by atoms with van der Waals surface area (Å²) < 4.78 is 14.3. The molecule has 2 aromatic carbocycles. The Bertz CT molecular complexity index is 1200. The number of aromatic hydroxyl groups is 1. The molecule has 0 saturated carbocycles. The number of hydrogen-bond donors (Lipinski definition) is 2. The summed E-state index contributed by atoms with van der Waals surface area (Å²) in [6.45, 7) is 7.02. The Hall–Kier alpha value is -3.26. The quantitative estimate of drug-likeness (QED) is 0.461. The number of aromatic nitrogens is 2. The number of carbonyl (C=O) groups excluding carboxylic acids is 1. The van der Waals surface area contributed by atoms with Crippen molar-refractivity contribution in [3.8, 4) is 11.5 Å². The van der Waals surface area contributed by atoms with Gasteiger partial charge in [-0.1, -0.05) is 30.3 Å². The average molecular weight is 482 g/mol. The molecule has 1 aliphatic rings. The van der Waals surface area contributed by atoms with Crippen LogP contribution in [-0.2, 0) is 24.1 Å². The predicted octanol–water partition coefficient (Wildman–Crippen LogP) is 5.41. The van der Waals surface area contributed by atoms with Crippen molar-refractivity contribution < 1.29 is 19.4 Å².